The second-order valence-electron chi connectivity index (χ2n) is 21.1. The lowest BCUT2D eigenvalue weighted by molar-refractivity contribution is -0.379. The van der Waals surface area contributed by atoms with Crippen LogP contribution in [0, 0.1) is 0 Å². The van der Waals surface area contributed by atoms with E-state index >= 15 is 0 Å². The topological polar surface area (TPSA) is 307 Å². The number of aliphatic hydroxyl groups is 11. The Labute approximate surface area is 482 Å². The summed E-state index contributed by atoms with van der Waals surface area (Å²) in [6.45, 7) is 1.53. The smallest absolute Gasteiger partial charge is 0.220 e. The number of hydrogen-bond acceptors (Lipinski definition) is 18. The highest BCUT2D eigenvalue weighted by Gasteiger charge is 2.53. The molecule has 0 saturated carbocycles. The lowest BCUT2D eigenvalue weighted by atomic mass is 9.96. The molecule has 0 spiro atoms. The van der Waals surface area contributed by atoms with E-state index in [1.807, 2.05) is 6.08 Å². The van der Waals surface area contributed by atoms with Gasteiger partial charge in [-0.2, -0.15) is 0 Å². The van der Waals surface area contributed by atoms with Crippen LogP contribution in [0.3, 0.4) is 0 Å². The van der Waals surface area contributed by atoms with Gasteiger partial charge in [-0.3, -0.25) is 4.79 Å². The molecule has 0 aromatic heterocycles. The van der Waals surface area contributed by atoms with Crippen molar-refractivity contribution in [3.63, 3.8) is 0 Å². The Morgan fingerprint density at radius 1 is 0.457 bits per heavy atom. The summed E-state index contributed by atoms with van der Waals surface area (Å²) < 4.78 is 34.2. The third-order valence-corrected chi connectivity index (χ3v) is 14.4. The van der Waals surface area contributed by atoms with Crippen LogP contribution in [0.15, 0.2) is 97.2 Å². The molecule has 12 N–H and O–H groups in total. The largest absolute Gasteiger partial charge is 0.394 e. The molecular weight excluding hydrogens is 1050 g/mol. The molecule has 3 fully saturated rings. The van der Waals surface area contributed by atoms with Crippen molar-refractivity contribution in [3.8, 4) is 0 Å². The fraction of sp³-hybridized carbons (Fsp3) is 0.726. The van der Waals surface area contributed by atoms with Crippen LogP contribution < -0.4 is 5.32 Å². The number of nitrogens with one attached hydrogen (secondary N) is 1. The molecule has 3 rings (SSSR count). The first-order valence-electron chi connectivity index (χ1n) is 30.0. The number of hydrogen-bond donors (Lipinski definition) is 12. The maximum atomic E-state index is 13.3. The molecule has 464 valence electrons. The molecule has 17 unspecified atom stereocenters. The van der Waals surface area contributed by atoms with Gasteiger partial charge in [0.1, 0.15) is 73.2 Å². The van der Waals surface area contributed by atoms with Crippen molar-refractivity contribution in [2.75, 3.05) is 26.4 Å². The van der Waals surface area contributed by atoms with Crippen molar-refractivity contribution in [2.45, 2.75) is 259 Å². The quantitative estimate of drug-likeness (QED) is 0.0270. The maximum Gasteiger partial charge on any atom is 0.220 e. The molecule has 19 heteroatoms. The predicted octanol–water partition coefficient (Wildman–Crippen LogP) is 5.37. The third kappa shape index (κ3) is 28.0. The van der Waals surface area contributed by atoms with Gasteiger partial charge >= 0.3 is 0 Å². The van der Waals surface area contributed by atoms with E-state index < -0.39 is 124 Å². The minimum atomic E-state index is -1.99. The zero-order valence-corrected chi connectivity index (χ0v) is 48.2. The molecule has 19 nitrogen and oxygen atoms in total. The molecule has 81 heavy (non-hydrogen) atoms. The normalized spacial score (nSPS) is 30.5. The molecule has 1 amide bonds. The Morgan fingerprint density at radius 3 is 1.33 bits per heavy atom. The van der Waals surface area contributed by atoms with Crippen molar-refractivity contribution in [1.82, 2.24) is 5.32 Å². The van der Waals surface area contributed by atoms with Crippen LogP contribution in [-0.4, -0.2) is 193 Å². The summed E-state index contributed by atoms with van der Waals surface area (Å²) in [7, 11) is 0. The van der Waals surface area contributed by atoms with Crippen molar-refractivity contribution >= 4 is 5.91 Å². The molecule has 0 radical (unpaired) electrons. The number of rotatable bonds is 42. The Kier molecular flexibility index (Phi) is 39.3. The van der Waals surface area contributed by atoms with Gasteiger partial charge in [0.25, 0.3) is 0 Å². The number of carbonyl (C=O) groups excluding carboxylic acids is 1. The molecule has 3 saturated heterocycles. The number of carbonyl (C=O) groups is 1. The zero-order chi connectivity index (χ0) is 59.0. The molecule has 17 atom stereocenters. The molecular formula is C62H103NO18. The van der Waals surface area contributed by atoms with Gasteiger partial charge in [0.05, 0.1) is 38.6 Å². The average molecular weight is 1150 g/mol. The van der Waals surface area contributed by atoms with Gasteiger partial charge in [-0.15, -0.1) is 0 Å². The first kappa shape index (κ1) is 72.0. The van der Waals surface area contributed by atoms with Gasteiger partial charge in [-0.25, -0.2) is 0 Å². The van der Waals surface area contributed by atoms with Crippen LogP contribution in [0.5, 0.6) is 0 Å². The van der Waals surface area contributed by atoms with E-state index in [9.17, 15) is 61.0 Å². The summed E-state index contributed by atoms with van der Waals surface area (Å²) in [6, 6.07) is -0.996. The van der Waals surface area contributed by atoms with Gasteiger partial charge in [0.2, 0.25) is 5.91 Å². The van der Waals surface area contributed by atoms with E-state index in [0.29, 0.717) is 6.42 Å². The average Bonchev–Trinajstić information content (AvgIpc) is 3.51. The van der Waals surface area contributed by atoms with Crippen molar-refractivity contribution in [2.24, 2.45) is 0 Å². The zero-order valence-electron chi connectivity index (χ0n) is 48.2. The number of amides is 1. The number of unbranched alkanes of at least 4 members (excludes halogenated alkanes) is 12. The first-order chi connectivity index (χ1) is 39.3. The molecule has 3 heterocycles. The standard InChI is InChI=1S/C62H103NO18/c1-3-5-7-9-11-13-15-16-17-18-19-20-21-22-23-24-25-26-27-28-30-32-34-36-38-40-50(68)63-45(46(67)39-37-35-33-31-29-14-12-10-8-6-4-2)44-76-60-56(74)53(71)58(48(42-65)78-60)81-62-57(75)54(72)59(49(43-66)79-62)80-61-55(73)52(70)51(69)47(41-64)77-61/h5,7,11,13,16-17,19-20,22-23,25-26,28,30,37,39,45-49,51-62,64-67,69-75H,3-4,6,8-10,12,14-15,18,21,24,27,29,31-36,38,40-44H2,1-2H3,(H,63,68)/b7-5-,13-11-,17-16-,20-19-,23-22-,26-25-,30-28-,39-37+. The van der Waals surface area contributed by atoms with Crippen molar-refractivity contribution < 1.29 is 89.4 Å². The predicted molar refractivity (Wildman–Crippen MR) is 309 cm³/mol. The highest BCUT2D eigenvalue weighted by molar-refractivity contribution is 5.76. The van der Waals surface area contributed by atoms with Gasteiger partial charge in [-0.05, 0) is 77.0 Å². The SMILES string of the molecule is CC/C=C\C/C=C\C/C=C\C/C=C\C/C=C\C/C=C\C/C=C\CCCCCC(=O)NC(COC1OC(CO)C(OC2OC(CO)C(OC3OC(CO)C(O)C(O)C3O)C(O)C2O)C(O)C1O)C(O)/C=C/CCCCCCCCCCC. The van der Waals surface area contributed by atoms with Gasteiger partial charge in [0, 0.05) is 6.42 Å². The van der Waals surface area contributed by atoms with E-state index in [2.05, 4.69) is 104 Å². The van der Waals surface area contributed by atoms with Crippen LogP contribution >= 0.6 is 0 Å². The fourth-order valence-corrected chi connectivity index (χ4v) is 9.46. The van der Waals surface area contributed by atoms with Crippen LogP contribution in [0.1, 0.15) is 155 Å². The minimum absolute atomic E-state index is 0.196. The van der Waals surface area contributed by atoms with Gasteiger partial charge in [-0.1, -0.05) is 169 Å². The first-order valence-corrected chi connectivity index (χ1v) is 30.0. The summed E-state index contributed by atoms with van der Waals surface area (Å²) in [6.07, 6.45) is 28.2. The fourth-order valence-electron chi connectivity index (χ4n) is 9.46. The van der Waals surface area contributed by atoms with E-state index in [-0.39, 0.29) is 18.9 Å². The second kappa shape index (κ2) is 44.2. The Hall–Kier alpha value is -3.29. The number of ether oxygens (including phenoxy) is 6. The van der Waals surface area contributed by atoms with Crippen LogP contribution in [0.25, 0.3) is 0 Å². The lowest BCUT2D eigenvalue weighted by Crippen LogP contribution is -2.66. The lowest BCUT2D eigenvalue weighted by Gasteiger charge is -2.48. The van der Waals surface area contributed by atoms with E-state index in [4.69, 9.17) is 28.4 Å². The van der Waals surface area contributed by atoms with Crippen molar-refractivity contribution in [3.05, 3.63) is 97.2 Å². The second-order valence-corrected chi connectivity index (χ2v) is 21.1. The molecule has 3 aliphatic rings. The van der Waals surface area contributed by atoms with Crippen LogP contribution in [0.4, 0.5) is 0 Å². The summed E-state index contributed by atoms with van der Waals surface area (Å²) in [5.74, 6) is -0.315. The highest BCUT2D eigenvalue weighted by Crippen LogP contribution is 2.33. The van der Waals surface area contributed by atoms with Crippen molar-refractivity contribution in [1.29, 1.82) is 0 Å². The molecule has 0 aromatic carbocycles. The van der Waals surface area contributed by atoms with Crippen LogP contribution in [0.2, 0.25) is 0 Å². The van der Waals surface area contributed by atoms with E-state index in [1.165, 1.54) is 38.5 Å². The van der Waals surface area contributed by atoms with Gasteiger partial charge in [0.15, 0.2) is 18.9 Å². The van der Waals surface area contributed by atoms with E-state index in [0.717, 1.165) is 89.9 Å². The summed E-state index contributed by atoms with van der Waals surface area (Å²) in [5.41, 5.74) is 0. The molecule has 0 bridgehead atoms. The van der Waals surface area contributed by atoms with Crippen LogP contribution in [-0.2, 0) is 33.2 Å². The Balaban J connectivity index is 1.48. The maximum absolute atomic E-state index is 13.3. The molecule has 3 aliphatic heterocycles. The monoisotopic (exact) mass is 1150 g/mol. The highest BCUT2D eigenvalue weighted by atomic mass is 16.8. The summed E-state index contributed by atoms with van der Waals surface area (Å²) >= 11 is 0. The number of aliphatic hydroxyl groups excluding tert-OH is 11. The van der Waals surface area contributed by atoms with Gasteiger partial charge < -0.3 is 89.9 Å². The Morgan fingerprint density at radius 2 is 0.852 bits per heavy atom. The number of allylic oxidation sites excluding steroid dienone is 15. The Bertz CT molecular complexity index is 1850. The molecule has 0 aliphatic carbocycles. The van der Waals surface area contributed by atoms with E-state index in [1.54, 1.807) is 6.08 Å². The summed E-state index contributed by atoms with van der Waals surface area (Å²) in [4.78, 5) is 13.3. The third-order valence-electron chi connectivity index (χ3n) is 14.4. The molecule has 0 aromatic rings. The summed E-state index contributed by atoms with van der Waals surface area (Å²) in [5, 5.41) is 120. The minimum Gasteiger partial charge on any atom is -0.394 e.